The van der Waals surface area contributed by atoms with Gasteiger partial charge in [0.25, 0.3) is 0 Å². The lowest BCUT2D eigenvalue weighted by Gasteiger charge is -2.26. The number of hydrogen-bond donors (Lipinski definition) is 0. The molecule has 0 radical (unpaired) electrons. The molecule has 0 saturated carbocycles. The Balaban J connectivity index is 1.78. The zero-order valence-electron chi connectivity index (χ0n) is 18.0. The van der Waals surface area contributed by atoms with Gasteiger partial charge in [0.05, 0.1) is 26.4 Å². The maximum absolute atomic E-state index is 6.20. The van der Waals surface area contributed by atoms with Gasteiger partial charge in [-0.2, -0.15) is 0 Å². The SMILES string of the molecule is CCCCC(CC)COC(OC(OCC(CC)CCCC)C1CO1)C1CO1. The summed E-state index contributed by atoms with van der Waals surface area (Å²) in [6.45, 7) is 11.8. The second-order valence-electron chi connectivity index (χ2n) is 8.12. The molecule has 2 rings (SSSR count). The third-order valence-corrected chi connectivity index (χ3v) is 5.67. The van der Waals surface area contributed by atoms with Gasteiger partial charge >= 0.3 is 0 Å². The monoisotopic (exact) mass is 386 g/mol. The van der Waals surface area contributed by atoms with Crippen molar-refractivity contribution in [2.24, 2.45) is 11.8 Å². The van der Waals surface area contributed by atoms with E-state index in [1.54, 1.807) is 0 Å². The summed E-state index contributed by atoms with van der Waals surface area (Å²) in [5, 5.41) is 0. The summed E-state index contributed by atoms with van der Waals surface area (Å²) in [5.74, 6) is 1.18. The van der Waals surface area contributed by atoms with E-state index in [1.807, 2.05) is 0 Å². The van der Waals surface area contributed by atoms with Gasteiger partial charge in [-0.25, -0.2) is 0 Å². The lowest BCUT2D eigenvalue weighted by molar-refractivity contribution is -0.261. The third kappa shape index (κ3) is 9.23. The van der Waals surface area contributed by atoms with Gasteiger partial charge in [-0.1, -0.05) is 66.2 Å². The van der Waals surface area contributed by atoms with E-state index < -0.39 is 0 Å². The van der Waals surface area contributed by atoms with Crippen molar-refractivity contribution < 1.29 is 23.7 Å². The van der Waals surface area contributed by atoms with Gasteiger partial charge in [0, 0.05) is 0 Å². The molecule has 0 aromatic heterocycles. The zero-order chi connectivity index (χ0) is 19.5. The van der Waals surface area contributed by atoms with Crippen molar-refractivity contribution >= 4 is 0 Å². The van der Waals surface area contributed by atoms with Crippen molar-refractivity contribution in [2.75, 3.05) is 26.4 Å². The van der Waals surface area contributed by atoms with Crippen LogP contribution in [0.5, 0.6) is 0 Å². The van der Waals surface area contributed by atoms with E-state index in [9.17, 15) is 0 Å². The van der Waals surface area contributed by atoms with Crippen molar-refractivity contribution in [3.63, 3.8) is 0 Å². The fourth-order valence-corrected chi connectivity index (χ4v) is 3.28. The van der Waals surface area contributed by atoms with Crippen LogP contribution in [0.25, 0.3) is 0 Å². The van der Waals surface area contributed by atoms with Crippen LogP contribution in [0, 0.1) is 11.8 Å². The molecule has 5 nitrogen and oxygen atoms in total. The molecule has 2 saturated heterocycles. The molecule has 5 heteroatoms. The number of hydrogen-bond acceptors (Lipinski definition) is 5. The second kappa shape index (κ2) is 13.1. The predicted octanol–water partition coefficient (Wildman–Crippen LogP) is 4.92. The molecule has 2 heterocycles. The van der Waals surface area contributed by atoms with Crippen LogP contribution in [0.2, 0.25) is 0 Å². The van der Waals surface area contributed by atoms with E-state index in [0.29, 0.717) is 25.0 Å². The first-order chi connectivity index (χ1) is 13.2. The van der Waals surface area contributed by atoms with Gasteiger partial charge in [-0.15, -0.1) is 0 Å². The number of rotatable bonds is 18. The molecule has 6 unspecified atom stereocenters. The largest absolute Gasteiger partial charge is 0.368 e. The topological polar surface area (TPSA) is 52.8 Å². The van der Waals surface area contributed by atoms with E-state index in [0.717, 1.165) is 26.1 Å². The highest BCUT2D eigenvalue weighted by Gasteiger charge is 2.42. The van der Waals surface area contributed by atoms with E-state index in [4.69, 9.17) is 23.7 Å². The Morgan fingerprint density at radius 2 is 1.15 bits per heavy atom. The van der Waals surface area contributed by atoms with Crippen LogP contribution >= 0.6 is 0 Å². The van der Waals surface area contributed by atoms with Crippen molar-refractivity contribution in [1.82, 2.24) is 0 Å². The molecule has 0 bridgehead atoms. The molecule has 160 valence electrons. The fourth-order valence-electron chi connectivity index (χ4n) is 3.28. The van der Waals surface area contributed by atoms with Crippen LogP contribution in [-0.2, 0) is 23.7 Å². The number of ether oxygens (including phenoxy) is 5. The summed E-state index contributed by atoms with van der Waals surface area (Å²) in [7, 11) is 0. The first kappa shape index (κ1) is 23.1. The maximum atomic E-state index is 6.20. The molecule has 2 aliphatic rings. The summed E-state index contributed by atoms with van der Waals surface area (Å²) in [4.78, 5) is 0. The molecule has 6 atom stereocenters. The van der Waals surface area contributed by atoms with Gasteiger partial charge in [-0.05, 0) is 24.7 Å². The minimum absolute atomic E-state index is 0.0422. The molecule has 0 N–H and O–H groups in total. The summed E-state index contributed by atoms with van der Waals surface area (Å²) in [6.07, 6.45) is 9.08. The Morgan fingerprint density at radius 1 is 0.741 bits per heavy atom. The Hall–Kier alpha value is -0.200. The van der Waals surface area contributed by atoms with Gasteiger partial charge in [0.2, 0.25) is 0 Å². The highest BCUT2D eigenvalue weighted by molar-refractivity contribution is 4.79. The van der Waals surface area contributed by atoms with Crippen LogP contribution in [0.1, 0.15) is 79.1 Å². The molecular weight excluding hydrogens is 344 g/mol. The molecule has 2 aliphatic heterocycles. The highest BCUT2D eigenvalue weighted by atomic mass is 16.8. The van der Waals surface area contributed by atoms with Crippen LogP contribution in [0.15, 0.2) is 0 Å². The van der Waals surface area contributed by atoms with Crippen molar-refractivity contribution in [3.05, 3.63) is 0 Å². The van der Waals surface area contributed by atoms with Crippen LogP contribution < -0.4 is 0 Å². The molecule has 0 aromatic carbocycles. The van der Waals surface area contributed by atoms with Crippen molar-refractivity contribution in [3.8, 4) is 0 Å². The Labute approximate surface area is 166 Å². The Morgan fingerprint density at radius 3 is 1.44 bits per heavy atom. The van der Waals surface area contributed by atoms with E-state index in [2.05, 4.69) is 27.7 Å². The van der Waals surface area contributed by atoms with Gasteiger partial charge in [0.1, 0.15) is 12.2 Å². The standard InChI is InChI=1S/C22H42O5/c1-5-9-11-17(7-3)13-25-21(19-15-23-19)27-22(20-16-24-20)26-14-18(8-4)12-10-6-2/h17-22H,5-16H2,1-4H3. The normalized spacial score (nSPS) is 25.8. The highest BCUT2D eigenvalue weighted by Crippen LogP contribution is 2.27. The quantitative estimate of drug-likeness (QED) is 0.247. The van der Waals surface area contributed by atoms with Gasteiger partial charge in [-0.3, -0.25) is 0 Å². The predicted molar refractivity (Wildman–Crippen MR) is 107 cm³/mol. The average molecular weight is 387 g/mol. The zero-order valence-corrected chi connectivity index (χ0v) is 18.0. The van der Waals surface area contributed by atoms with Gasteiger partial charge < -0.3 is 23.7 Å². The minimum Gasteiger partial charge on any atom is -0.368 e. The van der Waals surface area contributed by atoms with E-state index in [1.165, 1.54) is 38.5 Å². The third-order valence-electron chi connectivity index (χ3n) is 5.67. The van der Waals surface area contributed by atoms with E-state index >= 15 is 0 Å². The first-order valence-electron chi connectivity index (χ1n) is 11.3. The summed E-state index contributed by atoms with van der Waals surface area (Å²) in [5.41, 5.74) is 0. The summed E-state index contributed by atoms with van der Waals surface area (Å²) in [6, 6.07) is 0. The summed E-state index contributed by atoms with van der Waals surface area (Å²) < 4.78 is 29.4. The Kier molecular flexibility index (Phi) is 11.2. The second-order valence-corrected chi connectivity index (χ2v) is 8.12. The number of unbranched alkanes of at least 4 members (excludes halogenated alkanes) is 2. The lowest BCUT2D eigenvalue weighted by atomic mass is 10.0. The van der Waals surface area contributed by atoms with Gasteiger partial charge in [0.15, 0.2) is 12.6 Å². The fraction of sp³-hybridized carbons (Fsp3) is 1.00. The molecule has 0 aromatic rings. The van der Waals surface area contributed by atoms with E-state index in [-0.39, 0.29) is 24.8 Å². The molecule has 0 amide bonds. The first-order valence-corrected chi connectivity index (χ1v) is 11.3. The average Bonchev–Trinajstić information content (AvgIpc) is 3.58. The van der Waals surface area contributed by atoms with Crippen LogP contribution in [0.4, 0.5) is 0 Å². The summed E-state index contributed by atoms with van der Waals surface area (Å²) >= 11 is 0. The Bertz CT molecular complexity index is 336. The molecule has 27 heavy (non-hydrogen) atoms. The molecule has 0 aliphatic carbocycles. The van der Waals surface area contributed by atoms with Crippen LogP contribution in [-0.4, -0.2) is 51.2 Å². The number of epoxide rings is 2. The molecule has 2 fully saturated rings. The van der Waals surface area contributed by atoms with Crippen molar-refractivity contribution in [2.45, 2.75) is 104 Å². The van der Waals surface area contributed by atoms with Crippen molar-refractivity contribution in [1.29, 1.82) is 0 Å². The smallest absolute Gasteiger partial charge is 0.189 e. The lowest BCUT2D eigenvalue weighted by Crippen LogP contribution is -2.36. The maximum Gasteiger partial charge on any atom is 0.189 e. The van der Waals surface area contributed by atoms with Crippen LogP contribution in [0.3, 0.4) is 0 Å². The molecule has 0 spiro atoms. The molecular formula is C22H42O5. The minimum atomic E-state index is -0.342.